The number of hydrogen-bond acceptors (Lipinski definition) is 5. The van der Waals surface area contributed by atoms with Crippen LogP contribution in [0.5, 0.6) is 11.5 Å². The smallest absolute Gasteiger partial charge is 0.266 e. The number of para-hydroxylation sites is 2. The zero-order chi connectivity index (χ0) is 19.1. The van der Waals surface area contributed by atoms with Crippen molar-refractivity contribution >= 4 is 40.3 Å². The van der Waals surface area contributed by atoms with E-state index in [-0.39, 0.29) is 5.91 Å². The van der Waals surface area contributed by atoms with E-state index in [9.17, 15) is 4.79 Å². The van der Waals surface area contributed by atoms with Crippen LogP contribution in [-0.2, 0) is 4.79 Å². The van der Waals surface area contributed by atoms with Crippen LogP contribution in [0, 0.1) is 0 Å². The van der Waals surface area contributed by atoms with E-state index >= 15 is 0 Å². The van der Waals surface area contributed by atoms with Crippen LogP contribution >= 0.6 is 24.0 Å². The average Bonchev–Trinajstić information content (AvgIpc) is 2.95. The SMILES string of the molecule is C=CCN1C(=O)/C(=C/c2ccccc2OCCOc2ccccc2)SC1=S. The predicted molar refractivity (Wildman–Crippen MR) is 114 cm³/mol. The van der Waals surface area contributed by atoms with E-state index in [0.29, 0.717) is 34.7 Å². The van der Waals surface area contributed by atoms with Gasteiger partial charge in [0.25, 0.3) is 5.91 Å². The molecule has 0 unspecified atom stereocenters. The average molecular weight is 398 g/mol. The Morgan fingerprint density at radius 1 is 1.04 bits per heavy atom. The van der Waals surface area contributed by atoms with Crippen molar-refractivity contribution in [1.29, 1.82) is 0 Å². The standard InChI is InChI=1S/C21H19NO3S2/c1-2-12-22-20(23)19(27-21(22)26)15-16-8-6-7-11-18(16)25-14-13-24-17-9-4-3-5-10-17/h2-11,15H,1,12-14H2/b19-15-. The Balaban J connectivity index is 1.65. The Labute approximate surface area is 168 Å². The minimum Gasteiger partial charge on any atom is -0.490 e. The van der Waals surface area contributed by atoms with Crippen LogP contribution < -0.4 is 9.47 Å². The van der Waals surface area contributed by atoms with Gasteiger partial charge in [0.05, 0.1) is 4.91 Å². The summed E-state index contributed by atoms with van der Waals surface area (Å²) in [5, 5.41) is 0. The predicted octanol–water partition coefficient (Wildman–Crippen LogP) is 4.53. The molecule has 6 heteroatoms. The number of thiocarbonyl (C=S) groups is 1. The second-order valence-electron chi connectivity index (χ2n) is 5.63. The van der Waals surface area contributed by atoms with Crippen LogP contribution in [0.25, 0.3) is 6.08 Å². The molecule has 0 atom stereocenters. The molecular weight excluding hydrogens is 378 g/mol. The van der Waals surface area contributed by atoms with Gasteiger partial charge in [0.1, 0.15) is 29.0 Å². The Morgan fingerprint density at radius 3 is 2.52 bits per heavy atom. The van der Waals surface area contributed by atoms with Gasteiger partial charge in [0.15, 0.2) is 0 Å². The first-order valence-electron chi connectivity index (χ1n) is 8.45. The molecule has 2 aromatic rings. The topological polar surface area (TPSA) is 38.8 Å². The first-order chi connectivity index (χ1) is 13.2. The number of nitrogens with zero attached hydrogens (tertiary/aromatic N) is 1. The first kappa shape index (κ1) is 19.2. The van der Waals surface area contributed by atoms with Gasteiger partial charge in [0.2, 0.25) is 0 Å². The molecule has 4 nitrogen and oxygen atoms in total. The summed E-state index contributed by atoms with van der Waals surface area (Å²) < 4.78 is 12.0. The Morgan fingerprint density at radius 2 is 1.74 bits per heavy atom. The molecule has 1 saturated heterocycles. The van der Waals surface area contributed by atoms with Crippen molar-refractivity contribution < 1.29 is 14.3 Å². The van der Waals surface area contributed by atoms with E-state index in [1.54, 1.807) is 6.08 Å². The molecule has 1 amide bonds. The first-order valence-corrected chi connectivity index (χ1v) is 9.67. The molecule has 1 heterocycles. The minimum absolute atomic E-state index is 0.105. The molecule has 3 rings (SSSR count). The van der Waals surface area contributed by atoms with E-state index in [4.69, 9.17) is 21.7 Å². The highest BCUT2D eigenvalue weighted by Crippen LogP contribution is 2.34. The summed E-state index contributed by atoms with van der Waals surface area (Å²) in [7, 11) is 0. The molecule has 0 saturated carbocycles. The quantitative estimate of drug-likeness (QED) is 0.283. The number of benzene rings is 2. The second kappa shape index (κ2) is 9.39. The largest absolute Gasteiger partial charge is 0.490 e. The van der Waals surface area contributed by atoms with Crippen LogP contribution in [0.1, 0.15) is 5.56 Å². The zero-order valence-electron chi connectivity index (χ0n) is 14.7. The molecule has 1 aliphatic rings. The van der Waals surface area contributed by atoms with Gasteiger partial charge >= 0.3 is 0 Å². The Hall–Kier alpha value is -2.57. The maximum absolute atomic E-state index is 12.5. The lowest BCUT2D eigenvalue weighted by Crippen LogP contribution is -2.27. The monoisotopic (exact) mass is 397 g/mol. The summed E-state index contributed by atoms with van der Waals surface area (Å²) in [5.41, 5.74) is 0.830. The lowest BCUT2D eigenvalue weighted by molar-refractivity contribution is -0.121. The fourth-order valence-electron chi connectivity index (χ4n) is 2.49. The number of ether oxygens (including phenoxy) is 2. The summed E-state index contributed by atoms with van der Waals surface area (Å²) in [6, 6.07) is 17.2. The van der Waals surface area contributed by atoms with Crippen molar-refractivity contribution in [3.8, 4) is 11.5 Å². The minimum atomic E-state index is -0.105. The summed E-state index contributed by atoms with van der Waals surface area (Å²) in [4.78, 5) is 14.6. The summed E-state index contributed by atoms with van der Waals surface area (Å²) in [5.74, 6) is 1.40. The van der Waals surface area contributed by atoms with Crippen LogP contribution in [0.3, 0.4) is 0 Å². The molecule has 0 bridgehead atoms. The van der Waals surface area contributed by atoms with E-state index in [1.165, 1.54) is 16.7 Å². The molecule has 2 aromatic carbocycles. The third-order valence-corrected chi connectivity index (χ3v) is 5.12. The molecule has 0 aromatic heterocycles. The van der Waals surface area contributed by atoms with E-state index in [0.717, 1.165) is 11.3 Å². The number of hydrogen-bond donors (Lipinski definition) is 0. The maximum atomic E-state index is 12.5. The van der Waals surface area contributed by atoms with E-state index in [1.807, 2.05) is 60.7 Å². The van der Waals surface area contributed by atoms with Crippen LogP contribution in [0.4, 0.5) is 0 Å². The molecule has 1 fully saturated rings. The lowest BCUT2D eigenvalue weighted by Gasteiger charge is -2.11. The second-order valence-corrected chi connectivity index (χ2v) is 7.30. The van der Waals surface area contributed by atoms with Gasteiger partial charge in [-0.2, -0.15) is 0 Å². The van der Waals surface area contributed by atoms with Crippen molar-refractivity contribution in [1.82, 2.24) is 4.90 Å². The third-order valence-electron chi connectivity index (χ3n) is 3.74. The van der Waals surface area contributed by atoms with Crippen LogP contribution in [0.15, 0.2) is 72.2 Å². The molecule has 0 radical (unpaired) electrons. The summed E-state index contributed by atoms with van der Waals surface area (Å²) >= 11 is 6.56. The van der Waals surface area contributed by atoms with Crippen molar-refractivity contribution in [2.75, 3.05) is 19.8 Å². The highest BCUT2D eigenvalue weighted by Gasteiger charge is 2.31. The lowest BCUT2D eigenvalue weighted by atomic mass is 10.2. The van der Waals surface area contributed by atoms with E-state index in [2.05, 4.69) is 6.58 Å². The fraction of sp³-hybridized carbons (Fsp3) is 0.143. The number of carbonyl (C=O) groups excluding carboxylic acids is 1. The molecule has 138 valence electrons. The van der Waals surface area contributed by atoms with Gasteiger partial charge in [-0.15, -0.1) is 6.58 Å². The highest BCUT2D eigenvalue weighted by molar-refractivity contribution is 8.26. The molecule has 0 spiro atoms. The summed E-state index contributed by atoms with van der Waals surface area (Å²) in [6.07, 6.45) is 3.48. The Bertz CT molecular complexity index is 865. The van der Waals surface area contributed by atoms with Crippen LogP contribution in [-0.4, -0.2) is 34.9 Å². The normalized spacial score (nSPS) is 15.3. The molecule has 0 N–H and O–H groups in total. The molecule has 1 aliphatic heterocycles. The third kappa shape index (κ3) is 4.99. The van der Waals surface area contributed by atoms with Gasteiger partial charge in [-0.05, 0) is 24.3 Å². The highest BCUT2D eigenvalue weighted by atomic mass is 32.2. The van der Waals surface area contributed by atoms with Crippen molar-refractivity contribution in [3.05, 3.63) is 77.7 Å². The van der Waals surface area contributed by atoms with Gasteiger partial charge in [0, 0.05) is 12.1 Å². The van der Waals surface area contributed by atoms with Gasteiger partial charge < -0.3 is 9.47 Å². The van der Waals surface area contributed by atoms with Crippen molar-refractivity contribution in [2.24, 2.45) is 0 Å². The number of amides is 1. The zero-order valence-corrected chi connectivity index (χ0v) is 16.3. The Kier molecular flexibility index (Phi) is 6.68. The van der Waals surface area contributed by atoms with Crippen molar-refractivity contribution in [3.63, 3.8) is 0 Å². The molecule has 27 heavy (non-hydrogen) atoms. The van der Waals surface area contributed by atoms with E-state index < -0.39 is 0 Å². The van der Waals surface area contributed by atoms with Crippen molar-refractivity contribution in [2.45, 2.75) is 0 Å². The fourth-order valence-corrected chi connectivity index (χ4v) is 3.75. The number of rotatable bonds is 8. The van der Waals surface area contributed by atoms with Gasteiger partial charge in [-0.3, -0.25) is 9.69 Å². The van der Waals surface area contributed by atoms with Gasteiger partial charge in [-0.25, -0.2) is 0 Å². The van der Waals surface area contributed by atoms with Gasteiger partial charge in [-0.1, -0.05) is 66.5 Å². The van der Waals surface area contributed by atoms with Crippen LogP contribution in [0.2, 0.25) is 0 Å². The molecular formula is C21H19NO3S2. The summed E-state index contributed by atoms with van der Waals surface area (Å²) in [6.45, 7) is 4.91. The molecule has 0 aliphatic carbocycles. The number of thioether (sulfide) groups is 1. The maximum Gasteiger partial charge on any atom is 0.266 e. The number of carbonyl (C=O) groups is 1.